The Morgan fingerprint density at radius 3 is 2.73 bits per heavy atom. The van der Waals surface area contributed by atoms with E-state index in [2.05, 4.69) is 27.5 Å². The third-order valence-electron chi connectivity index (χ3n) is 4.47. The lowest BCUT2D eigenvalue weighted by molar-refractivity contribution is 0.0996. The second kappa shape index (κ2) is 14.0. The van der Waals surface area contributed by atoms with Crippen molar-refractivity contribution in [1.29, 1.82) is 0 Å². The van der Waals surface area contributed by atoms with Gasteiger partial charge in [0.15, 0.2) is 11.7 Å². The summed E-state index contributed by atoms with van der Waals surface area (Å²) in [6, 6.07) is 18.8. The number of guanidine groups is 1. The Balaban J connectivity index is 0.00000385. The Kier molecular flexibility index (Phi) is 11.0. The zero-order valence-corrected chi connectivity index (χ0v) is 20.9. The maximum Gasteiger partial charge on any atom is 0.291 e. The van der Waals surface area contributed by atoms with Gasteiger partial charge in [0, 0.05) is 24.3 Å². The molecule has 0 saturated heterocycles. The van der Waals surface area contributed by atoms with Crippen molar-refractivity contribution in [3.63, 3.8) is 0 Å². The molecule has 3 rings (SSSR count). The number of nitrogens with zero attached hydrogens (tertiary/aromatic N) is 1. The van der Waals surface area contributed by atoms with Crippen LogP contribution in [0.25, 0.3) is 0 Å². The van der Waals surface area contributed by atoms with Crippen molar-refractivity contribution in [1.82, 2.24) is 10.6 Å². The number of carbonyl (C=O) groups excluding carboxylic acids is 1. The first-order chi connectivity index (χ1) is 15.7. The molecule has 0 unspecified atom stereocenters. The molecule has 0 saturated carbocycles. The monoisotopic (exact) mass is 560 g/mol. The second-order valence-electron chi connectivity index (χ2n) is 6.89. The number of hydrogen-bond acceptors (Lipinski definition) is 4. The van der Waals surface area contributed by atoms with E-state index in [0.717, 1.165) is 23.4 Å². The lowest BCUT2D eigenvalue weighted by Crippen LogP contribution is -2.36. The van der Waals surface area contributed by atoms with Gasteiger partial charge in [-0.15, -0.1) is 24.0 Å². The topological polar surface area (TPSA) is 87.9 Å². The molecule has 0 radical (unpaired) electrons. The molecule has 174 valence electrons. The van der Waals surface area contributed by atoms with Crippen LogP contribution in [0.5, 0.6) is 5.75 Å². The van der Waals surface area contributed by atoms with Crippen LogP contribution in [0.1, 0.15) is 28.6 Å². The number of anilines is 1. The predicted molar refractivity (Wildman–Crippen MR) is 142 cm³/mol. The molecule has 0 aliphatic heterocycles. The molecule has 0 atom stereocenters. The molecule has 7 nitrogen and oxygen atoms in total. The van der Waals surface area contributed by atoms with E-state index in [1.807, 2.05) is 55.5 Å². The number of benzene rings is 2. The van der Waals surface area contributed by atoms with Crippen molar-refractivity contribution in [3.05, 3.63) is 96.5 Å². The first kappa shape index (κ1) is 26.0. The number of amides is 1. The Morgan fingerprint density at radius 2 is 1.97 bits per heavy atom. The Morgan fingerprint density at radius 1 is 1.12 bits per heavy atom. The number of ether oxygens (including phenoxy) is 1. The van der Waals surface area contributed by atoms with Crippen LogP contribution in [0.3, 0.4) is 0 Å². The highest BCUT2D eigenvalue weighted by atomic mass is 127. The Hall–Kier alpha value is -3.27. The Bertz CT molecular complexity index is 1050. The standard InChI is InChI=1S/C25H28N4O3.HI/c1-3-14-31-22-12-6-5-10-20(22)18-28-25(26-4-2)27-17-19-9-7-11-21(16-19)29-24(30)23-13-8-15-32-23;/h3,5-13,15-16H,1,4,14,17-18H2,2H3,(H,29,30)(H2,26,27,28);1H. The first-order valence-electron chi connectivity index (χ1n) is 10.5. The third-order valence-corrected chi connectivity index (χ3v) is 4.47. The number of hydrogen-bond donors (Lipinski definition) is 3. The van der Waals surface area contributed by atoms with Crippen LogP contribution in [-0.2, 0) is 13.1 Å². The van der Waals surface area contributed by atoms with E-state index in [4.69, 9.17) is 9.15 Å². The number of para-hydroxylation sites is 1. The van der Waals surface area contributed by atoms with Gasteiger partial charge < -0.3 is 25.1 Å². The van der Waals surface area contributed by atoms with Gasteiger partial charge >= 0.3 is 0 Å². The highest BCUT2D eigenvalue weighted by Crippen LogP contribution is 2.18. The van der Waals surface area contributed by atoms with Crippen LogP contribution in [0, 0.1) is 0 Å². The zero-order chi connectivity index (χ0) is 22.6. The maximum absolute atomic E-state index is 12.2. The van der Waals surface area contributed by atoms with E-state index < -0.39 is 0 Å². The fourth-order valence-electron chi connectivity index (χ4n) is 2.98. The number of rotatable bonds is 10. The van der Waals surface area contributed by atoms with E-state index in [9.17, 15) is 4.79 Å². The fourth-order valence-corrected chi connectivity index (χ4v) is 2.98. The summed E-state index contributed by atoms with van der Waals surface area (Å²) in [6.07, 6.45) is 3.19. The number of aliphatic imine (C=N–C) groups is 1. The maximum atomic E-state index is 12.2. The van der Waals surface area contributed by atoms with E-state index in [-0.39, 0.29) is 35.6 Å². The molecule has 0 aliphatic carbocycles. The summed E-state index contributed by atoms with van der Waals surface area (Å²) >= 11 is 0. The molecular formula is C25H29IN4O3. The van der Waals surface area contributed by atoms with Crippen LogP contribution in [-0.4, -0.2) is 25.0 Å². The molecular weight excluding hydrogens is 531 g/mol. The van der Waals surface area contributed by atoms with E-state index >= 15 is 0 Å². The van der Waals surface area contributed by atoms with Crippen molar-refractivity contribution in [2.24, 2.45) is 4.99 Å². The molecule has 0 bridgehead atoms. The molecule has 8 heteroatoms. The van der Waals surface area contributed by atoms with Gasteiger partial charge in [0.2, 0.25) is 0 Å². The minimum Gasteiger partial charge on any atom is -0.489 e. The van der Waals surface area contributed by atoms with E-state index in [1.54, 1.807) is 18.2 Å². The van der Waals surface area contributed by atoms with E-state index in [1.165, 1.54) is 6.26 Å². The van der Waals surface area contributed by atoms with Gasteiger partial charge in [0.05, 0.1) is 12.8 Å². The molecule has 33 heavy (non-hydrogen) atoms. The molecule has 1 amide bonds. The minimum atomic E-state index is -0.289. The van der Waals surface area contributed by atoms with Gasteiger partial charge in [-0.25, -0.2) is 4.99 Å². The summed E-state index contributed by atoms with van der Waals surface area (Å²) in [5.41, 5.74) is 2.68. The number of halogens is 1. The highest BCUT2D eigenvalue weighted by molar-refractivity contribution is 14.0. The lowest BCUT2D eigenvalue weighted by atomic mass is 10.2. The van der Waals surface area contributed by atoms with Gasteiger partial charge in [0.25, 0.3) is 5.91 Å². The average Bonchev–Trinajstić information content (AvgIpc) is 3.35. The van der Waals surface area contributed by atoms with Crippen molar-refractivity contribution in [2.45, 2.75) is 20.0 Å². The smallest absolute Gasteiger partial charge is 0.291 e. The van der Waals surface area contributed by atoms with Crippen LogP contribution in [0.2, 0.25) is 0 Å². The number of furan rings is 1. The van der Waals surface area contributed by atoms with Crippen molar-refractivity contribution >= 4 is 41.5 Å². The normalized spacial score (nSPS) is 10.6. The molecule has 1 heterocycles. The van der Waals surface area contributed by atoms with Crippen LogP contribution in [0.15, 0.2) is 89.0 Å². The molecule has 1 aromatic heterocycles. The van der Waals surface area contributed by atoms with Gasteiger partial charge in [-0.3, -0.25) is 4.79 Å². The molecule has 3 aromatic rings. The Labute approximate surface area is 211 Å². The van der Waals surface area contributed by atoms with Crippen molar-refractivity contribution in [2.75, 3.05) is 18.5 Å². The molecule has 2 aromatic carbocycles. The van der Waals surface area contributed by atoms with Gasteiger partial charge in [-0.1, -0.05) is 43.0 Å². The summed E-state index contributed by atoms with van der Waals surface area (Å²) in [4.78, 5) is 16.8. The lowest BCUT2D eigenvalue weighted by Gasteiger charge is -2.14. The third kappa shape index (κ3) is 8.30. The minimum absolute atomic E-state index is 0. The van der Waals surface area contributed by atoms with Crippen LogP contribution < -0.4 is 20.7 Å². The summed E-state index contributed by atoms with van der Waals surface area (Å²) in [5.74, 6) is 1.49. The number of nitrogens with one attached hydrogen (secondary N) is 3. The SMILES string of the molecule is C=CCOc1ccccc1CNC(=NCc1cccc(NC(=O)c2ccco2)c1)NCC.I. The molecule has 0 fully saturated rings. The number of carbonyl (C=O) groups is 1. The molecule has 0 spiro atoms. The van der Waals surface area contributed by atoms with Gasteiger partial charge in [-0.05, 0) is 42.8 Å². The van der Waals surface area contributed by atoms with E-state index in [0.29, 0.717) is 31.3 Å². The molecule has 0 aliphatic rings. The van der Waals surface area contributed by atoms with Crippen molar-refractivity contribution < 1.29 is 13.9 Å². The predicted octanol–water partition coefficient (Wildman–Crippen LogP) is 4.97. The van der Waals surface area contributed by atoms with Crippen molar-refractivity contribution in [3.8, 4) is 5.75 Å². The van der Waals surface area contributed by atoms with Crippen LogP contribution >= 0.6 is 24.0 Å². The summed E-state index contributed by atoms with van der Waals surface area (Å²) in [5, 5.41) is 9.43. The first-order valence-corrected chi connectivity index (χ1v) is 10.5. The average molecular weight is 560 g/mol. The van der Waals surface area contributed by atoms with Gasteiger partial charge in [-0.2, -0.15) is 0 Å². The quantitative estimate of drug-likeness (QED) is 0.141. The summed E-state index contributed by atoms with van der Waals surface area (Å²) < 4.78 is 10.9. The molecule has 3 N–H and O–H groups in total. The second-order valence-corrected chi connectivity index (χ2v) is 6.89. The van der Waals surface area contributed by atoms with Crippen LogP contribution in [0.4, 0.5) is 5.69 Å². The van der Waals surface area contributed by atoms with Gasteiger partial charge in [0.1, 0.15) is 12.4 Å². The summed E-state index contributed by atoms with van der Waals surface area (Å²) in [6.45, 7) is 7.92. The highest BCUT2D eigenvalue weighted by Gasteiger charge is 2.09. The largest absolute Gasteiger partial charge is 0.489 e. The summed E-state index contributed by atoms with van der Waals surface area (Å²) in [7, 11) is 0. The zero-order valence-electron chi connectivity index (χ0n) is 18.5. The fraction of sp³-hybridized carbons (Fsp3) is 0.200.